The summed E-state index contributed by atoms with van der Waals surface area (Å²) in [4.78, 5) is 24.0. The summed E-state index contributed by atoms with van der Waals surface area (Å²) in [5.74, 6) is 1.17. The normalized spacial score (nSPS) is 13.8. The molecule has 144 valence electrons. The third-order valence-corrected chi connectivity index (χ3v) is 4.41. The van der Waals surface area contributed by atoms with Gasteiger partial charge in [0.2, 0.25) is 0 Å². The Morgan fingerprint density at radius 3 is 2.61 bits per heavy atom. The molecule has 0 fully saturated rings. The van der Waals surface area contributed by atoms with Crippen LogP contribution in [0.2, 0.25) is 0 Å². The van der Waals surface area contributed by atoms with Crippen LogP contribution in [0.15, 0.2) is 51.7 Å². The highest BCUT2D eigenvalue weighted by atomic mass is 16.6. The van der Waals surface area contributed by atoms with Crippen LogP contribution in [0.3, 0.4) is 0 Å². The maximum atomic E-state index is 12.5. The number of carbonyl (C=O) groups excluding carboxylic acids is 1. The number of rotatable bonds is 4. The minimum absolute atomic E-state index is 0.362. The van der Waals surface area contributed by atoms with E-state index in [1.165, 1.54) is 7.11 Å². The van der Waals surface area contributed by atoms with Gasteiger partial charge in [-0.15, -0.1) is 0 Å². The van der Waals surface area contributed by atoms with E-state index in [1.54, 1.807) is 49.4 Å². The molecule has 0 radical (unpaired) electrons. The van der Waals surface area contributed by atoms with Gasteiger partial charge >= 0.3 is 11.6 Å². The van der Waals surface area contributed by atoms with Gasteiger partial charge in [0, 0.05) is 11.5 Å². The first kappa shape index (κ1) is 17.9. The van der Waals surface area contributed by atoms with E-state index in [4.69, 9.17) is 18.6 Å². The number of hydrogen-bond acceptors (Lipinski definition) is 7. The van der Waals surface area contributed by atoms with Crippen molar-refractivity contribution in [1.29, 1.82) is 0 Å². The second kappa shape index (κ2) is 7.26. The fourth-order valence-electron chi connectivity index (χ4n) is 3.00. The quantitative estimate of drug-likeness (QED) is 0.506. The maximum Gasteiger partial charge on any atom is 0.346 e. The van der Waals surface area contributed by atoms with Crippen molar-refractivity contribution in [3.05, 3.63) is 52.9 Å². The lowest BCUT2D eigenvalue weighted by molar-refractivity contribution is -0.147. The van der Waals surface area contributed by atoms with Crippen LogP contribution in [-0.2, 0) is 9.53 Å². The number of fused-ring (bicyclic) bond motifs is 2. The van der Waals surface area contributed by atoms with Gasteiger partial charge in [-0.1, -0.05) is 6.07 Å². The standard InChI is InChI=1S/C21H18O7/c1-12(20(22)24-2)27-15-5-3-14-9-16(21(23)28-18(14)11-15)13-4-6-17-19(10-13)26-8-7-25-17/h3-6,9-12H,7-8H2,1-2H3. The summed E-state index contributed by atoms with van der Waals surface area (Å²) >= 11 is 0. The molecule has 2 aromatic carbocycles. The van der Waals surface area contributed by atoms with Gasteiger partial charge in [-0.25, -0.2) is 9.59 Å². The van der Waals surface area contributed by atoms with Gasteiger partial charge < -0.3 is 23.4 Å². The van der Waals surface area contributed by atoms with Crippen molar-refractivity contribution < 1.29 is 28.2 Å². The van der Waals surface area contributed by atoms with Gasteiger partial charge in [0.1, 0.15) is 24.5 Å². The summed E-state index contributed by atoms with van der Waals surface area (Å²) in [5, 5.41) is 0.725. The highest BCUT2D eigenvalue weighted by Crippen LogP contribution is 2.34. The van der Waals surface area contributed by atoms with Crippen LogP contribution in [0.25, 0.3) is 22.1 Å². The molecule has 0 amide bonds. The molecule has 0 saturated carbocycles. The summed E-state index contributed by atoms with van der Waals surface area (Å²) in [5.41, 5.74) is 0.976. The van der Waals surface area contributed by atoms with Crippen LogP contribution >= 0.6 is 0 Å². The summed E-state index contributed by atoms with van der Waals surface area (Å²) in [7, 11) is 1.29. The highest BCUT2D eigenvalue weighted by Gasteiger charge is 2.17. The van der Waals surface area contributed by atoms with Crippen LogP contribution < -0.4 is 19.8 Å². The zero-order valence-electron chi connectivity index (χ0n) is 15.4. The lowest BCUT2D eigenvalue weighted by atomic mass is 10.1. The average Bonchev–Trinajstić information content (AvgIpc) is 2.72. The Labute approximate surface area is 160 Å². The third kappa shape index (κ3) is 3.38. The SMILES string of the molecule is COC(=O)C(C)Oc1ccc2cc(-c3ccc4c(c3)OCCO4)c(=O)oc2c1. The molecular weight excluding hydrogens is 364 g/mol. The molecule has 0 spiro atoms. The molecule has 0 saturated heterocycles. The van der Waals surface area contributed by atoms with E-state index >= 15 is 0 Å². The molecule has 1 aliphatic heterocycles. The van der Waals surface area contributed by atoms with E-state index in [-0.39, 0.29) is 0 Å². The van der Waals surface area contributed by atoms with Gasteiger partial charge in [-0.2, -0.15) is 0 Å². The molecule has 28 heavy (non-hydrogen) atoms. The molecule has 7 nitrogen and oxygen atoms in total. The molecule has 0 N–H and O–H groups in total. The Morgan fingerprint density at radius 1 is 1.04 bits per heavy atom. The Bertz CT molecular complexity index is 1100. The van der Waals surface area contributed by atoms with Crippen LogP contribution in [-0.4, -0.2) is 32.4 Å². The third-order valence-electron chi connectivity index (χ3n) is 4.41. The maximum absolute atomic E-state index is 12.5. The largest absolute Gasteiger partial charge is 0.486 e. The lowest BCUT2D eigenvalue weighted by Crippen LogP contribution is -2.24. The Kier molecular flexibility index (Phi) is 4.65. The lowest BCUT2D eigenvalue weighted by Gasteiger charge is -2.18. The first-order chi connectivity index (χ1) is 13.5. The zero-order chi connectivity index (χ0) is 19.7. The Morgan fingerprint density at radius 2 is 1.82 bits per heavy atom. The van der Waals surface area contributed by atoms with E-state index in [2.05, 4.69) is 4.74 Å². The van der Waals surface area contributed by atoms with Crippen LogP contribution in [0.5, 0.6) is 17.2 Å². The van der Waals surface area contributed by atoms with E-state index in [0.29, 0.717) is 47.2 Å². The molecule has 2 heterocycles. The van der Waals surface area contributed by atoms with Crippen molar-refractivity contribution in [3.63, 3.8) is 0 Å². The minimum Gasteiger partial charge on any atom is -0.486 e. The van der Waals surface area contributed by atoms with Crippen molar-refractivity contribution in [2.75, 3.05) is 20.3 Å². The van der Waals surface area contributed by atoms with E-state index in [1.807, 2.05) is 0 Å². The molecule has 4 rings (SSSR count). The van der Waals surface area contributed by atoms with Gasteiger partial charge in [-0.05, 0) is 42.8 Å². The summed E-state index contributed by atoms with van der Waals surface area (Å²) < 4.78 is 26.7. The number of hydrogen-bond donors (Lipinski definition) is 0. The molecular formula is C21H18O7. The fourth-order valence-corrected chi connectivity index (χ4v) is 3.00. The predicted molar refractivity (Wildman–Crippen MR) is 101 cm³/mol. The first-order valence-electron chi connectivity index (χ1n) is 8.77. The minimum atomic E-state index is -0.772. The molecule has 0 bridgehead atoms. The van der Waals surface area contributed by atoms with E-state index in [9.17, 15) is 9.59 Å². The number of benzene rings is 2. The van der Waals surface area contributed by atoms with Crippen LogP contribution in [0, 0.1) is 0 Å². The van der Waals surface area contributed by atoms with Crippen molar-refractivity contribution in [1.82, 2.24) is 0 Å². The highest BCUT2D eigenvalue weighted by molar-refractivity contribution is 5.83. The molecule has 1 unspecified atom stereocenters. The zero-order valence-corrected chi connectivity index (χ0v) is 15.4. The number of carbonyl (C=O) groups is 1. The summed E-state index contributed by atoms with van der Waals surface area (Å²) in [6.45, 7) is 2.55. The molecule has 1 aliphatic rings. The molecule has 1 aromatic heterocycles. The van der Waals surface area contributed by atoms with Crippen molar-refractivity contribution in [2.24, 2.45) is 0 Å². The van der Waals surface area contributed by atoms with Crippen LogP contribution in [0.4, 0.5) is 0 Å². The number of methoxy groups -OCH3 is 1. The van der Waals surface area contributed by atoms with Crippen LogP contribution in [0.1, 0.15) is 6.92 Å². The van der Waals surface area contributed by atoms with Gasteiger partial charge in [-0.3, -0.25) is 0 Å². The second-order valence-electron chi connectivity index (χ2n) is 6.29. The molecule has 1 atom stereocenters. The topological polar surface area (TPSA) is 84.2 Å². The fraction of sp³-hybridized carbons (Fsp3) is 0.238. The van der Waals surface area contributed by atoms with E-state index < -0.39 is 17.7 Å². The van der Waals surface area contributed by atoms with Gasteiger partial charge in [0.05, 0.1) is 12.7 Å². The number of esters is 1. The molecule has 0 aliphatic carbocycles. The molecule has 7 heteroatoms. The summed E-state index contributed by atoms with van der Waals surface area (Å²) in [6, 6.07) is 12.1. The average molecular weight is 382 g/mol. The predicted octanol–water partition coefficient (Wildman–Crippen LogP) is 3.17. The second-order valence-corrected chi connectivity index (χ2v) is 6.29. The van der Waals surface area contributed by atoms with Gasteiger partial charge in [0.15, 0.2) is 17.6 Å². The smallest absolute Gasteiger partial charge is 0.346 e. The van der Waals surface area contributed by atoms with Crippen molar-refractivity contribution in [3.8, 4) is 28.4 Å². The Balaban J connectivity index is 1.68. The van der Waals surface area contributed by atoms with E-state index in [0.717, 1.165) is 5.39 Å². The van der Waals surface area contributed by atoms with Crippen molar-refractivity contribution in [2.45, 2.75) is 13.0 Å². The first-order valence-corrected chi connectivity index (χ1v) is 8.77. The van der Waals surface area contributed by atoms with Crippen molar-refractivity contribution >= 4 is 16.9 Å². The Hall–Kier alpha value is -3.48. The van der Waals surface area contributed by atoms with Gasteiger partial charge in [0.25, 0.3) is 0 Å². The number of ether oxygens (including phenoxy) is 4. The summed E-state index contributed by atoms with van der Waals surface area (Å²) in [6.07, 6.45) is -0.772. The monoisotopic (exact) mass is 382 g/mol. The molecule has 3 aromatic rings.